The van der Waals surface area contributed by atoms with Crippen LogP contribution in [0.25, 0.3) is 6.08 Å². The number of phenols is 1. The first-order valence-corrected chi connectivity index (χ1v) is 11.9. The molecule has 1 atom stereocenters. The first-order chi connectivity index (χ1) is 16.8. The summed E-state index contributed by atoms with van der Waals surface area (Å²) in [5.74, 6) is 2.29. The SMILES string of the molecule is Cc1cc(N2CC(C)(C)C(=O)/C(=C\c3cccc(N4CCOCC4)n3)C2c2ccccc2O)no1. The Bertz CT molecular complexity index is 1260. The van der Waals surface area contributed by atoms with Gasteiger partial charge in [0.05, 0.1) is 24.9 Å². The number of ether oxygens (including phenoxy) is 1. The van der Waals surface area contributed by atoms with Gasteiger partial charge in [-0.2, -0.15) is 0 Å². The van der Waals surface area contributed by atoms with Crippen molar-refractivity contribution in [1.29, 1.82) is 0 Å². The van der Waals surface area contributed by atoms with Gasteiger partial charge in [0, 0.05) is 42.3 Å². The number of aryl methyl sites for hydroxylation is 1. The first kappa shape index (κ1) is 23.1. The fourth-order valence-corrected chi connectivity index (χ4v) is 4.82. The Morgan fingerprint density at radius 2 is 1.86 bits per heavy atom. The second-order valence-corrected chi connectivity index (χ2v) is 9.72. The molecule has 1 unspecified atom stereocenters. The molecule has 0 radical (unpaired) electrons. The standard InChI is InChI=1S/C27H30N4O4/c1-18-15-24(29-35-18)31-17-27(2,3)26(33)21(25(31)20-8-4-5-9-22(20)32)16-19-7-6-10-23(28-19)30-11-13-34-14-12-30/h4-10,15-16,25,32H,11-14,17H2,1-3H3/b21-16-. The van der Waals surface area contributed by atoms with E-state index in [4.69, 9.17) is 14.2 Å². The van der Waals surface area contributed by atoms with Gasteiger partial charge >= 0.3 is 0 Å². The molecule has 8 heteroatoms. The number of aromatic nitrogens is 2. The Morgan fingerprint density at radius 1 is 1.09 bits per heavy atom. The van der Waals surface area contributed by atoms with Crippen molar-refractivity contribution in [1.82, 2.24) is 10.1 Å². The molecular weight excluding hydrogens is 444 g/mol. The van der Waals surface area contributed by atoms with Crippen molar-refractivity contribution in [2.24, 2.45) is 5.41 Å². The van der Waals surface area contributed by atoms with E-state index in [0.29, 0.717) is 48.2 Å². The summed E-state index contributed by atoms with van der Waals surface area (Å²) in [4.78, 5) is 22.9. The zero-order chi connectivity index (χ0) is 24.6. The molecule has 2 fully saturated rings. The molecule has 2 aliphatic heterocycles. The van der Waals surface area contributed by atoms with Gasteiger partial charge < -0.3 is 24.2 Å². The fourth-order valence-electron chi connectivity index (χ4n) is 4.82. The Balaban J connectivity index is 1.64. The third-order valence-corrected chi connectivity index (χ3v) is 6.58. The molecule has 0 aliphatic carbocycles. The smallest absolute Gasteiger partial charge is 0.173 e. The van der Waals surface area contributed by atoms with E-state index in [9.17, 15) is 9.90 Å². The van der Waals surface area contributed by atoms with Crippen molar-refractivity contribution in [3.8, 4) is 5.75 Å². The Kier molecular flexibility index (Phi) is 6.06. The van der Waals surface area contributed by atoms with Crippen molar-refractivity contribution in [2.75, 3.05) is 42.6 Å². The van der Waals surface area contributed by atoms with E-state index >= 15 is 0 Å². The quantitative estimate of drug-likeness (QED) is 0.564. The van der Waals surface area contributed by atoms with E-state index in [0.717, 1.165) is 18.9 Å². The summed E-state index contributed by atoms with van der Waals surface area (Å²) in [7, 11) is 0. The van der Waals surface area contributed by atoms with E-state index < -0.39 is 11.5 Å². The van der Waals surface area contributed by atoms with Crippen LogP contribution in [0.2, 0.25) is 0 Å². The van der Waals surface area contributed by atoms with Gasteiger partial charge in [-0.15, -0.1) is 0 Å². The summed E-state index contributed by atoms with van der Waals surface area (Å²) < 4.78 is 10.8. The first-order valence-electron chi connectivity index (χ1n) is 11.9. The average Bonchev–Trinajstić information content (AvgIpc) is 3.29. The number of ketones is 1. The number of hydrogen-bond acceptors (Lipinski definition) is 8. The van der Waals surface area contributed by atoms with E-state index in [2.05, 4.69) is 10.1 Å². The van der Waals surface area contributed by atoms with Crippen molar-refractivity contribution in [3.63, 3.8) is 0 Å². The summed E-state index contributed by atoms with van der Waals surface area (Å²) in [6, 6.07) is 14.3. The summed E-state index contributed by atoms with van der Waals surface area (Å²) in [5.41, 5.74) is 1.19. The molecule has 182 valence electrons. The van der Waals surface area contributed by atoms with Crippen LogP contribution in [0.15, 0.2) is 58.6 Å². The second kappa shape index (κ2) is 9.19. The van der Waals surface area contributed by atoms with Gasteiger partial charge in [0.25, 0.3) is 0 Å². The number of aromatic hydroxyl groups is 1. The molecule has 1 N–H and O–H groups in total. The van der Waals surface area contributed by atoms with Gasteiger partial charge in [0.1, 0.15) is 17.3 Å². The Hall–Kier alpha value is -3.65. The zero-order valence-electron chi connectivity index (χ0n) is 20.3. The highest BCUT2D eigenvalue weighted by Gasteiger charge is 2.45. The molecule has 0 saturated carbocycles. The number of rotatable bonds is 4. The number of benzene rings is 1. The topological polar surface area (TPSA) is 91.9 Å². The van der Waals surface area contributed by atoms with Crippen LogP contribution >= 0.6 is 0 Å². The van der Waals surface area contributed by atoms with Gasteiger partial charge in [-0.05, 0) is 31.2 Å². The van der Waals surface area contributed by atoms with Crippen LogP contribution in [0.3, 0.4) is 0 Å². The molecule has 3 aromatic rings. The molecule has 5 rings (SSSR count). The molecule has 1 aromatic carbocycles. The van der Waals surface area contributed by atoms with E-state index in [-0.39, 0.29) is 11.5 Å². The van der Waals surface area contributed by atoms with Crippen LogP contribution in [0, 0.1) is 12.3 Å². The van der Waals surface area contributed by atoms with Crippen molar-refractivity contribution in [3.05, 3.63) is 71.1 Å². The predicted molar refractivity (Wildman–Crippen MR) is 133 cm³/mol. The van der Waals surface area contributed by atoms with Crippen LogP contribution in [-0.2, 0) is 9.53 Å². The number of anilines is 2. The van der Waals surface area contributed by atoms with Crippen LogP contribution in [0.4, 0.5) is 11.6 Å². The van der Waals surface area contributed by atoms with Gasteiger partial charge in [-0.3, -0.25) is 4.79 Å². The van der Waals surface area contributed by atoms with Gasteiger partial charge in [-0.1, -0.05) is 43.3 Å². The number of phenolic OH excluding ortho intramolecular Hbond substituents is 1. The highest BCUT2D eigenvalue weighted by Crippen LogP contribution is 2.45. The third kappa shape index (κ3) is 4.53. The molecule has 2 aromatic heterocycles. The number of morpholine rings is 1. The third-order valence-electron chi connectivity index (χ3n) is 6.58. The minimum Gasteiger partial charge on any atom is -0.508 e. The lowest BCUT2D eigenvalue weighted by Crippen LogP contribution is -2.49. The maximum Gasteiger partial charge on any atom is 0.173 e. The number of para-hydroxylation sites is 1. The highest BCUT2D eigenvalue weighted by atomic mass is 16.5. The molecule has 35 heavy (non-hydrogen) atoms. The van der Waals surface area contributed by atoms with Gasteiger partial charge in [0.2, 0.25) is 0 Å². The van der Waals surface area contributed by atoms with Crippen LogP contribution in [-0.4, -0.2) is 53.9 Å². The minimum atomic E-state index is -0.679. The summed E-state index contributed by atoms with van der Waals surface area (Å²) in [6.07, 6.45) is 1.85. The van der Waals surface area contributed by atoms with Crippen LogP contribution < -0.4 is 9.80 Å². The predicted octanol–water partition coefficient (Wildman–Crippen LogP) is 4.16. The molecule has 8 nitrogen and oxygen atoms in total. The van der Waals surface area contributed by atoms with E-state index in [1.54, 1.807) is 12.1 Å². The number of piperidine rings is 1. The molecule has 0 spiro atoms. The highest BCUT2D eigenvalue weighted by molar-refractivity contribution is 6.06. The van der Waals surface area contributed by atoms with E-state index in [1.807, 2.05) is 68.1 Å². The molecular formula is C27H30N4O4. The Labute approximate surface area is 204 Å². The fraction of sp³-hybridized carbons (Fsp3) is 0.370. The zero-order valence-corrected chi connectivity index (χ0v) is 20.3. The van der Waals surface area contributed by atoms with Crippen molar-refractivity contribution < 1.29 is 19.2 Å². The number of nitrogens with zero attached hydrogens (tertiary/aromatic N) is 4. The molecule has 2 aliphatic rings. The van der Waals surface area contributed by atoms with Crippen LogP contribution in [0.1, 0.15) is 36.9 Å². The number of pyridine rings is 1. The van der Waals surface area contributed by atoms with Crippen molar-refractivity contribution >= 4 is 23.5 Å². The lowest BCUT2D eigenvalue weighted by atomic mass is 9.74. The summed E-state index contributed by atoms with van der Waals surface area (Å²) in [6.45, 7) is 9.02. The number of carbonyl (C=O) groups is 1. The summed E-state index contributed by atoms with van der Waals surface area (Å²) in [5, 5.41) is 15.1. The monoisotopic (exact) mass is 474 g/mol. The number of Topliss-reactive ketones (excluding diaryl/α,β-unsaturated/α-hetero) is 1. The normalized spacial score (nSPS) is 21.5. The lowest BCUT2D eigenvalue weighted by molar-refractivity contribution is -0.124. The Morgan fingerprint density at radius 3 is 2.57 bits per heavy atom. The minimum absolute atomic E-state index is 0.0146. The number of hydrogen-bond donors (Lipinski definition) is 1. The molecule has 2 saturated heterocycles. The second-order valence-electron chi connectivity index (χ2n) is 9.72. The summed E-state index contributed by atoms with van der Waals surface area (Å²) >= 11 is 0. The number of carbonyl (C=O) groups excluding carboxylic acids is 1. The van der Waals surface area contributed by atoms with E-state index in [1.165, 1.54) is 0 Å². The average molecular weight is 475 g/mol. The van der Waals surface area contributed by atoms with Gasteiger partial charge in [-0.25, -0.2) is 4.98 Å². The van der Waals surface area contributed by atoms with Crippen molar-refractivity contribution in [2.45, 2.75) is 26.8 Å². The molecule has 0 bridgehead atoms. The largest absolute Gasteiger partial charge is 0.508 e. The van der Waals surface area contributed by atoms with Crippen LogP contribution in [0.5, 0.6) is 5.75 Å². The molecule has 0 amide bonds. The maximum atomic E-state index is 13.8. The van der Waals surface area contributed by atoms with Gasteiger partial charge in [0.15, 0.2) is 11.6 Å². The maximum absolute atomic E-state index is 13.8. The lowest BCUT2D eigenvalue weighted by Gasteiger charge is -2.44. The molecule has 4 heterocycles.